The normalized spacial score (nSPS) is 10.9. The number of hydrogen-bond acceptors (Lipinski definition) is 3. The average Bonchev–Trinajstić information content (AvgIpc) is 3.24. The first-order chi connectivity index (χ1) is 13.8. The highest BCUT2D eigenvalue weighted by atomic mass is 16.5. The van der Waals surface area contributed by atoms with Gasteiger partial charge in [-0.25, -0.2) is 0 Å². The summed E-state index contributed by atoms with van der Waals surface area (Å²) in [5.41, 5.74) is 2.55. The Hall–Kier alpha value is -3.40. The van der Waals surface area contributed by atoms with Gasteiger partial charge in [0.15, 0.2) is 11.5 Å². The fourth-order valence-electron chi connectivity index (χ4n) is 3.25. The second-order valence-electron chi connectivity index (χ2n) is 6.84. The molecule has 4 aromatic rings. The first-order valence-corrected chi connectivity index (χ1v) is 9.57. The van der Waals surface area contributed by atoms with E-state index in [4.69, 9.17) is 4.52 Å². The van der Waals surface area contributed by atoms with Crippen molar-refractivity contribution in [3.05, 3.63) is 90.1 Å². The highest BCUT2D eigenvalue weighted by Gasteiger charge is 2.13. The molecule has 3 aromatic carbocycles. The van der Waals surface area contributed by atoms with Gasteiger partial charge in [0.25, 0.3) is 5.91 Å². The van der Waals surface area contributed by atoms with E-state index >= 15 is 0 Å². The third-order valence-electron chi connectivity index (χ3n) is 4.80. The average molecular weight is 370 g/mol. The summed E-state index contributed by atoms with van der Waals surface area (Å²) in [4.78, 5) is 12.3. The van der Waals surface area contributed by atoms with Crippen LogP contribution >= 0.6 is 0 Å². The predicted molar refractivity (Wildman–Crippen MR) is 111 cm³/mol. The van der Waals surface area contributed by atoms with Crippen molar-refractivity contribution in [3.8, 4) is 11.3 Å². The number of aromatic nitrogens is 1. The number of carbonyl (C=O) groups is 1. The van der Waals surface area contributed by atoms with Crippen LogP contribution in [-0.2, 0) is 6.42 Å². The maximum absolute atomic E-state index is 12.3. The van der Waals surface area contributed by atoms with Gasteiger partial charge in [-0.15, -0.1) is 0 Å². The van der Waals surface area contributed by atoms with E-state index in [0.29, 0.717) is 18.0 Å². The van der Waals surface area contributed by atoms with E-state index in [1.807, 2.05) is 36.4 Å². The van der Waals surface area contributed by atoms with Gasteiger partial charge in [0.2, 0.25) is 0 Å². The highest BCUT2D eigenvalue weighted by molar-refractivity contribution is 5.93. The van der Waals surface area contributed by atoms with E-state index < -0.39 is 0 Å². The maximum Gasteiger partial charge on any atom is 0.273 e. The number of fused-ring (bicyclic) bond motifs is 1. The van der Waals surface area contributed by atoms with Crippen LogP contribution < -0.4 is 5.32 Å². The summed E-state index contributed by atoms with van der Waals surface area (Å²) < 4.78 is 5.40. The van der Waals surface area contributed by atoms with Gasteiger partial charge in [0.1, 0.15) is 0 Å². The van der Waals surface area contributed by atoms with E-state index in [1.54, 1.807) is 6.07 Å². The number of rotatable bonds is 7. The zero-order chi connectivity index (χ0) is 19.2. The molecule has 0 saturated heterocycles. The van der Waals surface area contributed by atoms with E-state index in [0.717, 1.165) is 30.2 Å². The second kappa shape index (κ2) is 8.53. The molecule has 4 heteroatoms. The third-order valence-corrected chi connectivity index (χ3v) is 4.80. The topological polar surface area (TPSA) is 55.1 Å². The van der Waals surface area contributed by atoms with Crippen LogP contribution in [0.5, 0.6) is 0 Å². The molecule has 1 heterocycles. The summed E-state index contributed by atoms with van der Waals surface area (Å²) in [6.45, 7) is 0.629. The lowest BCUT2D eigenvalue weighted by Crippen LogP contribution is -2.24. The van der Waals surface area contributed by atoms with Crippen molar-refractivity contribution in [2.24, 2.45) is 0 Å². The second-order valence-corrected chi connectivity index (χ2v) is 6.84. The maximum atomic E-state index is 12.3. The van der Waals surface area contributed by atoms with Gasteiger partial charge in [-0.3, -0.25) is 4.79 Å². The van der Waals surface area contributed by atoms with Crippen LogP contribution in [0.2, 0.25) is 0 Å². The van der Waals surface area contributed by atoms with E-state index in [-0.39, 0.29) is 5.91 Å². The van der Waals surface area contributed by atoms with Gasteiger partial charge in [0, 0.05) is 18.2 Å². The molecule has 0 aliphatic rings. The van der Waals surface area contributed by atoms with Crippen molar-refractivity contribution in [1.82, 2.24) is 10.5 Å². The van der Waals surface area contributed by atoms with Gasteiger partial charge in [-0.05, 0) is 41.7 Å². The van der Waals surface area contributed by atoms with Crippen LogP contribution in [0.25, 0.3) is 22.1 Å². The quantitative estimate of drug-likeness (QED) is 0.452. The molecule has 140 valence electrons. The van der Waals surface area contributed by atoms with Gasteiger partial charge in [0.05, 0.1) is 0 Å². The van der Waals surface area contributed by atoms with Crippen LogP contribution in [0, 0.1) is 0 Å². The number of hydrogen-bond donors (Lipinski definition) is 1. The van der Waals surface area contributed by atoms with Crippen LogP contribution in [-0.4, -0.2) is 17.6 Å². The minimum absolute atomic E-state index is 0.199. The van der Waals surface area contributed by atoms with Crippen LogP contribution in [0.4, 0.5) is 0 Å². The van der Waals surface area contributed by atoms with E-state index in [9.17, 15) is 4.79 Å². The van der Waals surface area contributed by atoms with Crippen molar-refractivity contribution in [2.45, 2.75) is 19.3 Å². The molecule has 0 atom stereocenters. The van der Waals surface area contributed by atoms with Crippen LogP contribution in [0.3, 0.4) is 0 Å². The first-order valence-electron chi connectivity index (χ1n) is 9.57. The van der Waals surface area contributed by atoms with E-state index in [2.05, 4.69) is 46.9 Å². The Kier molecular flexibility index (Phi) is 5.48. The zero-order valence-electron chi connectivity index (χ0n) is 15.6. The Morgan fingerprint density at radius 3 is 2.50 bits per heavy atom. The van der Waals surface area contributed by atoms with Crippen LogP contribution in [0.1, 0.15) is 28.9 Å². The third kappa shape index (κ3) is 4.29. The highest BCUT2D eigenvalue weighted by Crippen LogP contribution is 2.25. The van der Waals surface area contributed by atoms with Crippen molar-refractivity contribution < 1.29 is 9.32 Å². The summed E-state index contributed by atoms with van der Waals surface area (Å²) in [5.74, 6) is 0.399. The van der Waals surface area contributed by atoms with Crippen molar-refractivity contribution in [1.29, 1.82) is 0 Å². The van der Waals surface area contributed by atoms with Gasteiger partial charge < -0.3 is 9.84 Å². The summed E-state index contributed by atoms with van der Waals surface area (Å²) in [7, 11) is 0. The molecular weight excluding hydrogens is 348 g/mol. The monoisotopic (exact) mass is 370 g/mol. The molecule has 0 aliphatic carbocycles. The predicted octanol–water partition coefficient (Wildman–Crippen LogP) is 5.25. The lowest BCUT2D eigenvalue weighted by atomic mass is 10.1. The van der Waals surface area contributed by atoms with Crippen molar-refractivity contribution >= 4 is 16.7 Å². The van der Waals surface area contributed by atoms with Gasteiger partial charge in [-0.2, -0.15) is 0 Å². The molecule has 4 nitrogen and oxygen atoms in total. The molecule has 0 aliphatic heterocycles. The molecule has 4 rings (SSSR count). The van der Waals surface area contributed by atoms with Gasteiger partial charge >= 0.3 is 0 Å². The number of amides is 1. The largest absolute Gasteiger partial charge is 0.355 e. The first kappa shape index (κ1) is 18.0. The Morgan fingerprint density at radius 2 is 1.64 bits per heavy atom. The molecule has 1 aromatic heterocycles. The lowest BCUT2D eigenvalue weighted by Gasteiger charge is -2.03. The molecule has 1 amide bonds. The summed E-state index contributed by atoms with van der Waals surface area (Å²) in [5, 5.41) is 9.14. The SMILES string of the molecule is O=C(NCCCCc1ccccc1)c1cc(-c2ccc3ccccc3c2)on1. The molecule has 0 radical (unpaired) electrons. The molecule has 0 saturated carbocycles. The standard InChI is InChI=1S/C24H22N2O2/c27-24(25-15-7-6-10-18-8-2-1-3-9-18)22-17-23(28-26-22)21-14-13-19-11-4-5-12-20(19)16-21/h1-5,8-9,11-14,16-17H,6-7,10,15H2,(H,25,27). The van der Waals surface area contributed by atoms with Crippen molar-refractivity contribution in [3.63, 3.8) is 0 Å². The number of aryl methyl sites for hydroxylation is 1. The Bertz CT molecular complexity index is 1070. The zero-order valence-corrected chi connectivity index (χ0v) is 15.6. The van der Waals surface area contributed by atoms with Gasteiger partial charge in [-0.1, -0.05) is 71.9 Å². The molecule has 0 spiro atoms. The fourth-order valence-corrected chi connectivity index (χ4v) is 3.25. The lowest BCUT2D eigenvalue weighted by molar-refractivity contribution is 0.0944. The fraction of sp³-hybridized carbons (Fsp3) is 0.167. The molecule has 28 heavy (non-hydrogen) atoms. The minimum Gasteiger partial charge on any atom is -0.355 e. The summed E-state index contributed by atoms with van der Waals surface area (Å²) in [6.07, 6.45) is 2.98. The molecule has 1 N–H and O–H groups in total. The number of nitrogens with zero attached hydrogens (tertiary/aromatic N) is 1. The summed E-state index contributed by atoms with van der Waals surface area (Å²) >= 11 is 0. The molecule has 0 fully saturated rings. The molecular formula is C24H22N2O2. The number of nitrogens with one attached hydrogen (secondary N) is 1. The number of carbonyl (C=O) groups excluding carboxylic acids is 1. The summed E-state index contributed by atoms with van der Waals surface area (Å²) in [6, 6.07) is 26.3. The minimum atomic E-state index is -0.199. The Balaban J connectivity index is 1.31. The molecule has 0 unspecified atom stereocenters. The van der Waals surface area contributed by atoms with Crippen molar-refractivity contribution in [2.75, 3.05) is 6.54 Å². The number of benzene rings is 3. The Morgan fingerprint density at radius 1 is 0.857 bits per heavy atom. The Labute approximate surface area is 164 Å². The smallest absolute Gasteiger partial charge is 0.273 e. The van der Waals surface area contributed by atoms with E-state index in [1.165, 1.54) is 10.9 Å². The van der Waals surface area contributed by atoms with Crippen LogP contribution in [0.15, 0.2) is 83.4 Å². The molecule has 0 bridgehead atoms. The number of unbranched alkanes of at least 4 members (excludes halogenated alkanes) is 1.